The van der Waals surface area contributed by atoms with Crippen LogP contribution in [0.5, 0.6) is 0 Å². The van der Waals surface area contributed by atoms with Crippen LogP contribution in [0.2, 0.25) is 0 Å². The van der Waals surface area contributed by atoms with Gasteiger partial charge in [-0.2, -0.15) is 4.39 Å². The molecule has 0 saturated heterocycles. The average molecular weight is 256 g/mol. The zero-order chi connectivity index (χ0) is 13.5. The third-order valence-electron chi connectivity index (χ3n) is 2.52. The molecule has 1 aromatic carbocycles. The van der Waals surface area contributed by atoms with Gasteiger partial charge in [-0.25, -0.2) is 0 Å². The molecule has 18 heavy (non-hydrogen) atoms. The van der Waals surface area contributed by atoms with Crippen molar-refractivity contribution in [3.8, 4) is 0 Å². The minimum atomic E-state index is -0.759. The maximum atomic E-state index is 13.8. The molecule has 5 nitrogen and oxygen atoms in total. The topological polar surface area (TPSA) is 55.6 Å². The van der Waals surface area contributed by atoms with Crippen molar-refractivity contribution in [2.75, 3.05) is 26.8 Å². The lowest BCUT2D eigenvalue weighted by Crippen LogP contribution is -2.23. The largest absolute Gasteiger partial charge is 0.380 e. The minimum Gasteiger partial charge on any atom is -0.380 e. The van der Waals surface area contributed by atoms with E-state index in [2.05, 4.69) is 0 Å². The number of hydrogen-bond donors (Lipinski definition) is 0. The Bertz CT molecular complexity index is 412. The Kier molecular flexibility index (Phi) is 5.67. The summed E-state index contributed by atoms with van der Waals surface area (Å²) in [7, 11) is 1.82. The van der Waals surface area contributed by atoms with E-state index >= 15 is 0 Å². The second-order valence-electron chi connectivity index (χ2n) is 3.94. The summed E-state index contributed by atoms with van der Waals surface area (Å²) in [4.78, 5) is 11.8. The van der Waals surface area contributed by atoms with Gasteiger partial charge in [-0.15, -0.1) is 0 Å². The highest BCUT2D eigenvalue weighted by atomic mass is 19.1. The molecule has 0 aliphatic carbocycles. The number of nitrogens with zero attached hydrogens (tertiary/aromatic N) is 2. The van der Waals surface area contributed by atoms with Crippen LogP contribution in [0.15, 0.2) is 18.2 Å². The van der Waals surface area contributed by atoms with Crippen LogP contribution in [-0.4, -0.2) is 36.6 Å². The normalized spacial score (nSPS) is 10.9. The molecule has 0 fully saturated rings. The van der Waals surface area contributed by atoms with Crippen LogP contribution in [0.4, 0.5) is 10.1 Å². The Labute approximate surface area is 105 Å². The number of hydrogen-bond acceptors (Lipinski definition) is 4. The van der Waals surface area contributed by atoms with Crippen molar-refractivity contribution in [2.45, 2.75) is 13.5 Å². The highest BCUT2D eigenvalue weighted by Gasteiger charge is 2.17. The second-order valence-corrected chi connectivity index (χ2v) is 3.94. The molecule has 0 unspecified atom stereocenters. The summed E-state index contributed by atoms with van der Waals surface area (Å²) in [5.41, 5.74) is -0.158. The number of rotatable bonds is 7. The molecule has 6 heteroatoms. The number of halogens is 1. The molecule has 0 bridgehead atoms. The Hall–Kier alpha value is -1.53. The van der Waals surface area contributed by atoms with Crippen LogP contribution >= 0.6 is 0 Å². The van der Waals surface area contributed by atoms with Gasteiger partial charge in [0.05, 0.1) is 11.5 Å². The molecule has 0 N–H and O–H groups in total. The molecule has 100 valence electrons. The quantitative estimate of drug-likeness (QED) is 0.426. The first kappa shape index (κ1) is 14.5. The molecule has 0 amide bonds. The van der Waals surface area contributed by atoms with Crippen molar-refractivity contribution in [2.24, 2.45) is 0 Å². The van der Waals surface area contributed by atoms with E-state index < -0.39 is 16.4 Å². The van der Waals surface area contributed by atoms with Gasteiger partial charge in [0.2, 0.25) is 5.82 Å². The van der Waals surface area contributed by atoms with Gasteiger partial charge in [0, 0.05) is 31.3 Å². The summed E-state index contributed by atoms with van der Waals surface area (Å²) in [6, 6.07) is 4.21. The zero-order valence-corrected chi connectivity index (χ0v) is 10.6. The fourth-order valence-electron chi connectivity index (χ4n) is 1.56. The monoisotopic (exact) mass is 256 g/mol. The Balaban J connectivity index is 2.67. The third kappa shape index (κ3) is 4.05. The van der Waals surface area contributed by atoms with E-state index in [1.165, 1.54) is 12.1 Å². The maximum absolute atomic E-state index is 13.8. The number of nitro benzene ring substituents is 1. The summed E-state index contributed by atoms with van der Waals surface area (Å²) in [6.07, 6.45) is 0. The van der Waals surface area contributed by atoms with Gasteiger partial charge in [-0.05, 0) is 14.0 Å². The van der Waals surface area contributed by atoms with E-state index in [0.717, 1.165) is 0 Å². The third-order valence-corrected chi connectivity index (χ3v) is 2.52. The predicted molar refractivity (Wildman–Crippen MR) is 65.9 cm³/mol. The molecule has 0 aliphatic rings. The van der Waals surface area contributed by atoms with Gasteiger partial charge >= 0.3 is 5.69 Å². The van der Waals surface area contributed by atoms with Gasteiger partial charge in [-0.3, -0.25) is 15.0 Å². The lowest BCUT2D eigenvalue weighted by molar-refractivity contribution is -0.387. The summed E-state index contributed by atoms with van der Waals surface area (Å²) >= 11 is 0. The number of ether oxygens (including phenoxy) is 1. The van der Waals surface area contributed by atoms with Crippen LogP contribution in [0.3, 0.4) is 0 Å². The van der Waals surface area contributed by atoms with Gasteiger partial charge < -0.3 is 4.74 Å². The van der Waals surface area contributed by atoms with Crippen LogP contribution < -0.4 is 0 Å². The predicted octanol–water partition coefficient (Wildman–Crippen LogP) is 2.20. The van der Waals surface area contributed by atoms with Crippen molar-refractivity contribution in [1.82, 2.24) is 4.90 Å². The Morgan fingerprint density at radius 2 is 2.22 bits per heavy atom. The number of benzene rings is 1. The fraction of sp³-hybridized carbons (Fsp3) is 0.500. The smallest absolute Gasteiger partial charge is 0.305 e. The molecular formula is C12H17FN2O3. The molecule has 1 aromatic rings. The summed E-state index contributed by atoms with van der Waals surface area (Å²) in [5.74, 6) is -0.759. The van der Waals surface area contributed by atoms with Crippen molar-refractivity contribution < 1.29 is 14.1 Å². The highest BCUT2D eigenvalue weighted by Crippen LogP contribution is 2.20. The molecule has 0 spiro atoms. The van der Waals surface area contributed by atoms with Crippen LogP contribution in [0.1, 0.15) is 12.5 Å². The summed E-state index contributed by atoms with van der Waals surface area (Å²) < 4.78 is 19.0. The van der Waals surface area contributed by atoms with Crippen LogP contribution in [0, 0.1) is 15.9 Å². The van der Waals surface area contributed by atoms with Crippen LogP contribution in [-0.2, 0) is 11.3 Å². The molecule has 0 heterocycles. The maximum Gasteiger partial charge on any atom is 0.305 e. The van der Waals surface area contributed by atoms with E-state index in [1.807, 2.05) is 18.9 Å². The SMILES string of the molecule is CCOCCN(C)Cc1cccc([N+](=O)[O-])c1F. The van der Waals surface area contributed by atoms with Crippen molar-refractivity contribution in [3.05, 3.63) is 39.7 Å². The first-order chi connectivity index (χ1) is 8.56. The molecular weight excluding hydrogens is 239 g/mol. The number of nitro groups is 1. The molecule has 1 rings (SSSR count). The fourth-order valence-corrected chi connectivity index (χ4v) is 1.56. The van der Waals surface area contributed by atoms with Crippen molar-refractivity contribution in [3.63, 3.8) is 0 Å². The summed E-state index contributed by atoms with van der Waals surface area (Å²) in [5, 5.41) is 10.6. The summed E-state index contributed by atoms with van der Waals surface area (Å²) in [6.45, 7) is 4.07. The first-order valence-corrected chi connectivity index (χ1v) is 5.74. The van der Waals surface area contributed by atoms with E-state index in [1.54, 1.807) is 6.07 Å². The van der Waals surface area contributed by atoms with E-state index in [0.29, 0.717) is 31.9 Å². The lowest BCUT2D eigenvalue weighted by atomic mass is 10.1. The van der Waals surface area contributed by atoms with E-state index in [4.69, 9.17) is 4.74 Å². The number of likely N-dealkylation sites (N-methyl/N-ethyl adjacent to an activating group) is 1. The minimum absolute atomic E-state index is 0.320. The molecule has 0 saturated carbocycles. The van der Waals surface area contributed by atoms with E-state index in [9.17, 15) is 14.5 Å². The lowest BCUT2D eigenvalue weighted by Gasteiger charge is -2.16. The van der Waals surface area contributed by atoms with Gasteiger partial charge in [0.1, 0.15) is 0 Å². The van der Waals surface area contributed by atoms with Crippen LogP contribution in [0.25, 0.3) is 0 Å². The van der Waals surface area contributed by atoms with Crippen molar-refractivity contribution in [1.29, 1.82) is 0 Å². The standard InChI is InChI=1S/C12H17FN2O3/c1-3-18-8-7-14(2)9-10-5-4-6-11(12(10)13)15(16)17/h4-6H,3,7-9H2,1-2H3. The van der Waals surface area contributed by atoms with Gasteiger partial charge in [0.15, 0.2) is 0 Å². The Morgan fingerprint density at radius 3 is 2.83 bits per heavy atom. The molecule has 0 atom stereocenters. The first-order valence-electron chi connectivity index (χ1n) is 5.74. The average Bonchev–Trinajstić information content (AvgIpc) is 2.32. The van der Waals surface area contributed by atoms with Crippen molar-refractivity contribution >= 4 is 5.69 Å². The highest BCUT2D eigenvalue weighted by molar-refractivity contribution is 5.36. The second kappa shape index (κ2) is 7.03. The Morgan fingerprint density at radius 1 is 1.50 bits per heavy atom. The van der Waals surface area contributed by atoms with E-state index in [-0.39, 0.29) is 0 Å². The molecule has 0 aliphatic heterocycles. The zero-order valence-electron chi connectivity index (χ0n) is 10.6. The van der Waals surface area contributed by atoms with Gasteiger partial charge in [0.25, 0.3) is 0 Å². The molecule has 0 aromatic heterocycles. The van der Waals surface area contributed by atoms with Gasteiger partial charge in [-0.1, -0.05) is 12.1 Å². The molecule has 0 radical (unpaired) electrons.